The number of hydrogen-bond donors (Lipinski definition) is 1. The summed E-state index contributed by atoms with van der Waals surface area (Å²) in [7, 11) is 3.10. The summed E-state index contributed by atoms with van der Waals surface area (Å²) in [6, 6.07) is 18.1. The van der Waals surface area contributed by atoms with Gasteiger partial charge in [-0.05, 0) is 59.7 Å². The lowest BCUT2D eigenvalue weighted by atomic mass is 9.86. The number of halogens is 3. The van der Waals surface area contributed by atoms with Gasteiger partial charge in [-0.25, -0.2) is 0 Å². The van der Waals surface area contributed by atoms with Gasteiger partial charge in [-0.2, -0.15) is 0 Å². The number of hydrogen-bond acceptors (Lipinski definition) is 5. The number of carbonyl (C=O) groups excluding carboxylic acids is 1. The normalized spacial score (nSPS) is 16.5. The second-order valence-corrected chi connectivity index (χ2v) is 8.82. The highest BCUT2D eigenvalue weighted by Crippen LogP contribution is 2.43. The van der Waals surface area contributed by atoms with Crippen molar-refractivity contribution in [3.8, 4) is 17.2 Å². The Hall–Kier alpha value is -3.72. The van der Waals surface area contributed by atoms with Gasteiger partial charge >= 0.3 is 6.36 Å². The third kappa shape index (κ3) is 5.99. The first kappa shape index (κ1) is 26.3. The molecule has 2 atom stereocenters. The van der Waals surface area contributed by atoms with Crippen molar-refractivity contribution >= 4 is 5.91 Å². The van der Waals surface area contributed by atoms with Crippen LogP contribution in [0.2, 0.25) is 0 Å². The van der Waals surface area contributed by atoms with Crippen LogP contribution < -0.4 is 19.9 Å². The SMILES string of the molecule is COc1cc2c(cc1OC)[C@H](CCc1ccccc1OC(F)(F)F)N([C@@H](C(N)=O)c1ccccc1)CC2. The number of primary amides is 1. The van der Waals surface area contributed by atoms with Gasteiger partial charge in [0.1, 0.15) is 11.8 Å². The number of rotatable bonds is 9. The lowest BCUT2D eigenvalue weighted by molar-refractivity contribution is -0.274. The fourth-order valence-corrected chi connectivity index (χ4v) is 5.06. The second kappa shape index (κ2) is 11.1. The van der Waals surface area contributed by atoms with Crippen LogP contribution in [-0.2, 0) is 17.6 Å². The minimum absolute atomic E-state index is 0.237. The van der Waals surface area contributed by atoms with Crippen LogP contribution in [0.25, 0.3) is 0 Å². The zero-order valence-electron chi connectivity index (χ0n) is 20.6. The van der Waals surface area contributed by atoms with E-state index in [1.165, 1.54) is 12.1 Å². The summed E-state index contributed by atoms with van der Waals surface area (Å²) in [5.74, 6) is 0.386. The molecule has 1 heterocycles. The zero-order chi connectivity index (χ0) is 26.6. The number of alkyl halides is 3. The quantitative estimate of drug-likeness (QED) is 0.416. The van der Waals surface area contributed by atoms with Crippen LogP contribution in [0.1, 0.15) is 40.8 Å². The summed E-state index contributed by atoms with van der Waals surface area (Å²) >= 11 is 0. The van der Waals surface area contributed by atoms with Crippen molar-refractivity contribution in [3.05, 3.63) is 89.0 Å². The van der Waals surface area contributed by atoms with Gasteiger partial charge in [0.05, 0.1) is 14.2 Å². The van der Waals surface area contributed by atoms with E-state index >= 15 is 0 Å². The van der Waals surface area contributed by atoms with Gasteiger partial charge in [0.15, 0.2) is 11.5 Å². The van der Waals surface area contributed by atoms with Crippen molar-refractivity contribution in [1.29, 1.82) is 0 Å². The van der Waals surface area contributed by atoms with Crippen LogP contribution in [0, 0.1) is 0 Å². The molecule has 37 heavy (non-hydrogen) atoms. The van der Waals surface area contributed by atoms with E-state index in [0.29, 0.717) is 36.4 Å². The van der Waals surface area contributed by atoms with Crippen molar-refractivity contribution in [3.63, 3.8) is 0 Å². The van der Waals surface area contributed by atoms with Gasteiger partial charge in [0.2, 0.25) is 5.91 Å². The fraction of sp³-hybridized carbons (Fsp3) is 0.321. The van der Waals surface area contributed by atoms with Crippen molar-refractivity contribution in [2.45, 2.75) is 37.7 Å². The van der Waals surface area contributed by atoms with E-state index in [1.54, 1.807) is 26.4 Å². The lowest BCUT2D eigenvalue weighted by Gasteiger charge is -2.41. The molecule has 0 unspecified atom stereocenters. The Morgan fingerprint density at radius 1 is 1.00 bits per heavy atom. The first-order valence-electron chi connectivity index (χ1n) is 11.9. The number of methoxy groups -OCH3 is 2. The smallest absolute Gasteiger partial charge is 0.493 e. The fourth-order valence-electron chi connectivity index (χ4n) is 5.06. The number of fused-ring (bicyclic) bond motifs is 1. The minimum Gasteiger partial charge on any atom is -0.493 e. The Balaban J connectivity index is 1.75. The number of nitrogens with two attached hydrogens (primary N) is 1. The first-order valence-corrected chi connectivity index (χ1v) is 11.9. The monoisotopic (exact) mass is 514 g/mol. The molecule has 9 heteroatoms. The molecule has 0 aromatic heterocycles. The van der Waals surface area contributed by atoms with Crippen molar-refractivity contribution < 1.29 is 32.2 Å². The molecule has 0 saturated carbocycles. The summed E-state index contributed by atoms with van der Waals surface area (Å²) in [6.45, 7) is 0.524. The van der Waals surface area contributed by atoms with E-state index in [1.807, 2.05) is 47.4 Å². The van der Waals surface area contributed by atoms with E-state index in [9.17, 15) is 18.0 Å². The summed E-state index contributed by atoms with van der Waals surface area (Å²) in [5.41, 5.74) is 9.03. The highest BCUT2D eigenvalue weighted by atomic mass is 19.4. The van der Waals surface area contributed by atoms with Gasteiger partial charge in [0, 0.05) is 12.6 Å². The maximum absolute atomic E-state index is 13.0. The minimum atomic E-state index is -4.80. The van der Waals surface area contributed by atoms with Crippen LogP contribution in [0.4, 0.5) is 13.2 Å². The van der Waals surface area contributed by atoms with Gasteiger partial charge in [-0.3, -0.25) is 9.69 Å². The van der Waals surface area contributed by atoms with Crippen LogP contribution >= 0.6 is 0 Å². The molecule has 1 amide bonds. The second-order valence-electron chi connectivity index (χ2n) is 8.82. The molecule has 3 aromatic rings. The van der Waals surface area contributed by atoms with Crippen molar-refractivity contribution in [2.24, 2.45) is 5.73 Å². The maximum atomic E-state index is 13.0. The molecule has 0 radical (unpaired) electrons. The molecule has 1 aliphatic heterocycles. The number of benzene rings is 3. The van der Waals surface area contributed by atoms with Crippen molar-refractivity contribution in [1.82, 2.24) is 4.90 Å². The number of amides is 1. The predicted molar refractivity (Wildman–Crippen MR) is 133 cm³/mol. The Labute approximate surface area is 213 Å². The summed E-state index contributed by atoms with van der Waals surface area (Å²) in [5, 5.41) is 0. The third-order valence-electron chi connectivity index (χ3n) is 6.65. The molecule has 0 saturated heterocycles. The average Bonchev–Trinajstić information content (AvgIpc) is 2.87. The van der Waals surface area contributed by atoms with Crippen LogP contribution in [0.3, 0.4) is 0 Å². The largest absolute Gasteiger partial charge is 0.573 e. The Morgan fingerprint density at radius 3 is 2.30 bits per heavy atom. The summed E-state index contributed by atoms with van der Waals surface area (Å²) in [4.78, 5) is 14.8. The number of carbonyl (C=O) groups is 1. The molecule has 0 fully saturated rings. The molecule has 0 aliphatic carbocycles. The van der Waals surface area contributed by atoms with Crippen LogP contribution in [0.15, 0.2) is 66.7 Å². The number of nitrogens with zero attached hydrogens (tertiary/aromatic N) is 1. The van der Waals surface area contributed by atoms with E-state index in [-0.39, 0.29) is 18.2 Å². The maximum Gasteiger partial charge on any atom is 0.573 e. The molecule has 0 bridgehead atoms. The first-order chi connectivity index (χ1) is 17.7. The summed E-state index contributed by atoms with van der Waals surface area (Å²) in [6.07, 6.45) is -3.47. The highest BCUT2D eigenvalue weighted by Gasteiger charge is 2.37. The molecule has 4 rings (SSSR count). The highest BCUT2D eigenvalue weighted by molar-refractivity contribution is 5.81. The van der Waals surface area contributed by atoms with E-state index < -0.39 is 18.3 Å². The number of ether oxygens (including phenoxy) is 3. The van der Waals surface area contributed by atoms with Gasteiger partial charge in [-0.1, -0.05) is 48.5 Å². The molecule has 6 nitrogen and oxygen atoms in total. The molecule has 2 N–H and O–H groups in total. The molecule has 3 aromatic carbocycles. The standard InChI is InChI=1S/C28H29F3N2O4/c1-35-24-16-20-14-15-33(26(27(32)34)19-9-4-3-5-10-19)22(21(20)17-25(24)36-2)13-12-18-8-6-7-11-23(18)37-28(29,30)31/h3-11,16-17,22,26H,12-15H2,1-2H3,(H2,32,34)/t22-,26+/m0/s1. The van der Waals surface area contributed by atoms with Gasteiger partial charge < -0.3 is 19.9 Å². The zero-order valence-corrected chi connectivity index (χ0v) is 20.6. The van der Waals surface area contributed by atoms with Gasteiger partial charge in [-0.15, -0.1) is 13.2 Å². The molecular weight excluding hydrogens is 485 g/mol. The molecule has 196 valence electrons. The number of para-hydroxylation sites is 1. The number of aryl methyl sites for hydroxylation is 1. The third-order valence-corrected chi connectivity index (χ3v) is 6.65. The van der Waals surface area contributed by atoms with Crippen molar-refractivity contribution in [2.75, 3.05) is 20.8 Å². The van der Waals surface area contributed by atoms with Gasteiger partial charge in [0.25, 0.3) is 0 Å². The lowest BCUT2D eigenvalue weighted by Crippen LogP contribution is -2.44. The average molecular weight is 515 g/mol. The van der Waals surface area contributed by atoms with E-state index in [2.05, 4.69) is 4.74 Å². The van der Waals surface area contributed by atoms with Crippen LogP contribution in [0.5, 0.6) is 17.2 Å². The summed E-state index contributed by atoms with van der Waals surface area (Å²) < 4.78 is 54.3. The molecular formula is C28H29F3N2O4. The molecule has 0 spiro atoms. The predicted octanol–water partition coefficient (Wildman–Crippen LogP) is 5.36. The van der Waals surface area contributed by atoms with Crippen LogP contribution in [-0.4, -0.2) is 37.9 Å². The van der Waals surface area contributed by atoms with E-state index in [4.69, 9.17) is 15.2 Å². The Bertz CT molecular complexity index is 1230. The van der Waals surface area contributed by atoms with E-state index in [0.717, 1.165) is 16.7 Å². The topological polar surface area (TPSA) is 74.0 Å². The Kier molecular flexibility index (Phi) is 7.92. The molecule has 1 aliphatic rings. The Morgan fingerprint density at radius 2 is 1.65 bits per heavy atom.